The Kier molecular flexibility index (Phi) is 6.67. The van der Waals surface area contributed by atoms with E-state index in [2.05, 4.69) is 10.6 Å². The molecule has 0 radical (unpaired) electrons. The minimum atomic E-state index is -0.337. The normalized spacial score (nSPS) is 23.4. The quantitative estimate of drug-likeness (QED) is 0.488. The molecule has 1 saturated carbocycles. The number of carbonyl (C=O) groups excluding carboxylic acids is 2. The maximum absolute atomic E-state index is 11.5. The highest BCUT2D eigenvalue weighted by atomic mass is 16.3. The second kappa shape index (κ2) is 8.05. The summed E-state index contributed by atoms with van der Waals surface area (Å²) in [5, 5.41) is 14.5. The number of hydrogen-bond donors (Lipinski definition) is 4. The third kappa shape index (κ3) is 5.01. The minimum Gasteiger partial charge on any atom is -0.396 e. The number of aliphatic hydroxyl groups excluding tert-OH is 1. The van der Waals surface area contributed by atoms with Crippen LogP contribution in [0.2, 0.25) is 0 Å². The summed E-state index contributed by atoms with van der Waals surface area (Å²) in [7, 11) is 0. The molecule has 0 saturated heterocycles. The Bertz CT molecular complexity index is 284. The van der Waals surface area contributed by atoms with Crippen molar-refractivity contribution in [2.75, 3.05) is 26.2 Å². The van der Waals surface area contributed by atoms with Crippen molar-refractivity contribution in [1.82, 2.24) is 10.6 Å². The van der Waals surface area contributed by atoms with Gasteiger partial charge in [-0.05, 0) is 24.7 Å². The molecule has 0 aromatic heterocycles. The van der Waals surface area contributed by atoms with E-state index in [0.29, 0.717) is 12.5 Å². The largest absolute Gasteiger partial charge is 0.396 e. The Balaban J connectivity index is 2.22. The van der Waals surface area contributed by atoms with Crippen molar-refractivity contribution >= 4 is 11.8 Å². The van der Waals surface area contributed by atoms with Gasteiger partial charge >= 0.3 is 0 Å². The zero-order valence-electron chi connectivity index (χ0n) is 10.7. The summed E-state index contributed by atoms with van der Waals surface area (Å²) in [6.45, 7) is 0.613. The van der Waals surface area contributed by atoms with Gasteiger partial charge in [-0.1, -0.05) is 12.8 Å². The van der Waals surface area contributed by atoms with Crippen LogP contribution in [-0.4, -0.2) is 43.2 Å². The first kappa shape index (κ1) is 14.9. The number of nitrogens with one attached hydrogen (secondary N) is 2. The van der Waals surface area contributed by atoms with E-state index in [1.807, 2.05) is 0 Å². The van der Waals surface area contributed by atoms with Gasteiger partial charge in [-0.15, -0.1) is 0 Å². The first-order valence-corrected chi connectivity index (χ1v) is 6.51. The number of carbonyl (C=O) groups is 2. The van der Waals surface area contributed by atoms with E-state index in [9.17, 15) is 14.7 Å². The molecule has 0 aliphatic heterocycles. The van der Waals surface area contributed by atoms with Crippen LogP contribution in [0.1, 0.15) is 25.7 Å². The van der Waals surface area contributed by atoms with Crippen LogP contribution >= 0.6 is 0 Å². The van der Waals surface area contributed by atoms with Gasteiger partial charge in [0.25, 0.3) is 0 Å². The van der Waals surface area contributed by atoms with Gasteiger partial charge in [0.2, 0.25) is 11.8 Å². The van der Waals surface area contributed by atoms with Crippen molar-refractivity contribution in [3.8, 4) is 0 Å². The molecule has 6 heteroatoms. The third-order valence-electron chi connectivity index (χ3n) is 3.49. The van der Waals surface area contributed by atoms with E-state index in [1.165, 1.54) is 0 Å². The first-order chi connectivity index (χ1) is 8.67. The molecule has 1 rings (SSSR count). The number of aliphatic hydroxyl groups is 1. The van der Waals surface area contributed by atoms with E-state index in [0.717, 1.165) is 25.7 Å². The first-order valence-electron chi connectivity index (χ1n) is 6.51. The van der Waals surface area contributed by atoms with Crippen LogP contribution in [0.15, 0.2) is 0 Å². The molecule has 0 aromatic rings. The van der Waals surface area contributed by atoms with Crippen molar-refractivity contribution in [1.29, 1.82) is 0 Å². The summed E-state index contributed by atoms with van der Waals surface area (Å²) in [5.74, 6) is 0.0886. The molecule has 2 amide bonds. The summed E-state index contributed by atoms with van der Waals surface area (Å²) in [6.07, 6.45) is 4.38. The van der Waals surface area contributed by atoms with Gasteiger partial charge in [0.1, 0.15) is 0 Å². The molecule has 0 bridgehead atoms. The fourth-order valence-corrected chi connectivity index (χ4v) is 2.35. The summed E-state index contributed by atoms with van der Waals surface area (Å²) in [6, 6.07) is 0. The SMILES string of the molecule is NCC(=O)NCC(=O)NCC1CCCCC1CO. The second-order valence-corrected chi connectivity index (χ2v) is 4.77. The Labute approximate surface area is 107 Å². The highest BCUT2D eigenvalue weighted by molar-refractivity contribution is 5.85. The Morgan fingerprint density at radius 2 is 1.78 bits per heavy atom. The van der Waals surface area contributed by atoms with Crippen LogP contribution < -0.4 is 16.4 Å². The molecular weight excluding hydrogens is 234 g/mol. The average Bonchev–Trinajstić information content (AvgIpc) is 2.42. The summed E-state index contributed by atoms with van der Waals surface area (Å²) in [4.78, 5) is 22.3. The van der Waals surface area contributed by atoms with Gasteiger partial charge in [0.05, 0.1) is 13.1 Å². The number of amides is 2. The van der Waals surface area contributed by atoms with Gasteiger partial charge in [-0.25, -0.2) is 0 Å². The van der Waals surface area contributed by atoms with Crippen molar-refractivity contribution < 1.29 is 14.7 Å². The van der Waals surface area contributed by atoms with Crippen molar-refractivity contribution in [2.24, 2.45) is 17.6 Å². The lowest BCUT2D eigenvalue weighted by Crippen LogP contribution is -2.42. The molecule has 6 nitrogen and oxygen atoms in total. The molecule has 104 valence electrons. The summed E-state index contributed by atoms with van der Waals surface area (Å²) < 4.78 is 0. The molecule has 2 unspecified atom stereocenters. The Morgan fingerprint density at radius 1 is 1.11 bits per heavy atom. The van der Waals surface area contributed by atoms with Crippen molar-refractivity contribution in [2.45, 2.75) is 25.7 Å². The van der Waals surface area contributed by atoms with E-state index < -0.39 is 0 Å². The van der Waals surface area contributed by atoms with Crippen LogP contribution in [0, 0.1) is 11.8 Å². The molecule has 2 atom stereocenters. The van der Waals surface area contributed by atoms with E-state index in [1.54, 1.807) is 0 Å². The molecule has 0 spiro atoms. The molecule has 1 aliphatic carbocycles. The van der Waals surface area contributed by atoms with Gasteiger partial charge in [0, 0.05) is 13.2 Å². The summed E-state index contributed by atoms with van der Waals surface area (Å²) >= 11 is 0. The zero-order chi connectivity index (χ0) is 13.4. The molecule has 18 heavy (non-hydrogen) atoms. The fraction of sp³-hybridized carbons (Fsp3) is 0.833. The van der Waals surface area contributed by atoms with E-state index in [-0.39, 0.29) is 37.4 Å². The smallest absolute Gasteiger partial charge is 0.239 e. The van der Waals surface area contributed by atoms with E-state index in [4.69, 9.17) is 5.73 Å². The number of rotatable bonds is 6. The van der Waals surface area contributed by atoms with Gasteiger partial charge in [0.15, 0.2) is 0 Å². The maximum atomic E-state index is 11.5. The average molecular weight is 257 g/mol. The Morgan fingerprint density at radius 3 is 2.39 bits per heavy atom. The predicted octanol–water partition coefficient (Wildman–Crippen LogP) is -1.02. The van der Waals surface area contributed by atoms with Gasteiger partial charge in [-0.2, -0.15) is 0 Å². The lowest BCUT2D eigenvalue weighted by Gasteiger charge is -2.30. The van der Waals surface area contributed by atoms with Crippen LogP contribution in [0.4, 0.5) is 0 Å². The topological polar surface area (TPSA) is 104 Å². The molecule has 1 fully saturated rings. The molecule has 1 aliphatic rings. The van der Waals surface area contributed by atoms with Crippen molar-refractivity contribution in [3.63, 3.8) is 0 Å². The van der Waals surface area contributed by atoms with E-state index >= 15 is 0 Å². The summed E-state index contributed by atoms with van der Waals surface area (Å²) in [5.41, 5.74) is 5.11. The maximum Gasteiger partial charge on any atom is 0.239 e. The fourth-order valence-electron chi connectivity index (χ4n) is 2.35. The monoisotopic (exact) mass is 257 g/mol. The highest BCUT2D eigenvalue weighted by Crippen LogP contribution is 2.28. The third-order valence-corrected chi connectivity index (χ3v) is 3.49. The van der Waals surface area contributed by atoms with Gasteiger partial charge in [-0.3, -0.25) is 9.59 Å². The predicted molar refractivity (Wildman–Crippen MR) is 67.6 cm³/mol. The van der Waals surface area contributed by atoms with Crippen LogP contribution in [0.25, 0.3) is 0 Å². The lowest BCUT2D eigenvalue weighted by atomic mass is 9.79. The molecule has 0 heterocycles. The zero-order valence-corrected chi connectivity index (χ0v) is 10.7. The van der Waals surface area contributed by atoms with Crippen LogP contribution in [0.5, 0.6) is 0 Å². The number of nitrogens with two attached hydrogens (primary N) is 1. The Hall–Kier alpha value is -1.14. The highest BCUT2D eigenvalue weighted by Gasteiger charge is 2.24. The van der Waals surface area contributed by atoms with Crippen molar-refractivity contribution in [3.05, 3.63) is 0 Å². The minimum absolute atomic E-state index is 0.0352. The standard InChI is InChI=1S/C12H23N3O3/c13-5-11(17)15-7-12(18)14-6-9-3-1-2-4-10(9)8-16/h9-10,16H,1-8,13H2,(H,14,18)(H,15,17). The molecular formula is C12H23N3O3. The molecule has 0 aromatic carbocycles. The lowest BCUT2D eigenvalue weighted by molar-refractivity contribution is -0.125. The van der Waals surface area contributed by atoms with Crippen LogP contribution in [0.3, 0.4) is 0 Å². The molecule has 5 N–H and O–H groups in total. The number of hydrogen-bond acceptors (Lipinski definition) is 4. The van der Waals surface area contributed by atoms with Crippen LogP contribution in [-0.2, 0) is 9.59 Å². The second-order valence-electron chi connectivity index (χ2n) is 4.77. The van der Waals surface area contributed by atoms with Gasteiger partial charge < -0.3 is 21.5 Å².